The zero-order valence-corrected chi connectivity index (χ0v) is 13.1. The quantitative estimate of drug-likeness (QED) is 0.440. The molecule has 1 N–H and O–H groups in total. The Balaban J connectivity index is 1.88. The fourth-order valence-corrected chi connectivity index (χ4v) is 2.19. The molecule has 8 nitrogen and oxygen atoms in total. The van der Waals surface area contributed by atoms with Crippen molar-refractivity contribution in [3.05, 3.63) is 30.2 Å². The number of carbonyl (C=O) groups excluding carboxylic acids is 1. The summed E-state index contributed by atoms with van der Waals surface area (Å²) in [5, 5.41) is 11.8. The molecular formula is C15H20N6O2. The molecule has 0 spiro atoms. The molecule has 0 atom stereocenters. The molecule has 1 amide bonds. The van der Waals surface area contributed by atoms with E-state index in [9.17, 15) is 4.79 Å². The maximum Gasteiger partial charge on any atom is 0.263 e. The van der Waals surface area contributed by atoms with Crippen LogP contribution >= 0.6 is 0 Å². The molecule has 1 aromatic heterocycles. The lowest BCUT2D eigenvalue weighted by Crippen LogP contribution is -2.45. The van der Waals surface area contributed by atoms with E-state index < -0.39 is 0 Å². The smallest absolute Gasteiger partial charge is 0.263 e. The zero-order valence-electron chi connectivity index (χ0n) is 13.1. The maximum atomic E-state index is 11.9. The van der Waals surface area contributed by atoms with Gasteiger partial charge in [0.25, 0.3) is 5.91 Å². The van der Waals surface area contributed by atoms with E-state index in [1.54, 1.807) is 31.8 Å². The van der Waals surface area contributed by atoms with Crippen molar-refractivity contribution in [3.63, 3.8) is 0 Å². The third-order valence-electron chi connectivity index (χ3n) is 3.42. The van der Waals surface area contributed by atoms with Gasteiger partial charge >= 0.3 is 0 Å². The number of nitriles is 1. The summed E-state index contributed by atoms with van der Waals surface area (Å²) in [6.45, 7) is 3.69. The van der Waals surface area contributed by atoms with Gasteiger partial charge < -0.3 is 19.9 Å². The number of carbonyl (C=O) groups is 1. The van der Waals surface area contributed by atoms with Crippen LogP contribution in [0.5, 0.6) is 0 Å². The number of hydrogen-bond acceptors (Lipinski definition) is 7. The van der Waals surface area contributed by atoms with Gasteiger partial charge in [-0.1, -0.05) is 0 Å². The van der Waals surface area contributed by atoms with Gasteiger partial charge in [-0.25, -0.2) is 9.97 Å². The Morgan fingerprint density at radius 1 is 1.39 bits per heavy atom. The highest BCUT2D eigenvalue weighted by Crippen LogP contribution is 2.10. The summed E-state index contributed by atoms with van der Waals surface area (Å²) in [5.74, 6) is 0.326. The minimum Gasteiger partial charge on any atom is -0.383 e. The SMILES string of the molecule is COCCNC(=O)/C(C#N)=C\N1CCN(c2ncccn2)CC1. The Kier molecular flexibility index (Phi) is 6.32. The highest BCUT2D eigenvalue weighted by Gasteiger charge is 2.18. The summed E-state index contributed by atoms with van der Waals surface area (Å²) < 4.78 is 4.86. The third-order valence-corrected chi connectivity index (χ3v) is 3.42. The monoisotopic (exact) mass is 316 g/mol. The number of aromatic nitrogens is 2. The predicted octanol–water partition coefficient (Wildman–Crippen LogP) is -0.231. The van der Waals surface area contributed by atoms with Gasteiger partial charge in [-0.2, -0.15) is 5.26 Å². The molecular weight excluding hydrogens is 296 g/mol. The predicted molar refractivity (Wildman–Crippen MR) is 84.4 cm³/mol. The number of ether oxygens (including phenoxy) is 1. The first-order valence-electron chi connectivity index (χ1n) is 7.39. The summed E-state index contributed by atoms with van der Waals surface area (Å²) in [6, 6.07) is 3.73. The van der Waals surface area contributed by atoms with E-state index in [0.29, 0.717) is 32.2 Å². The largest absolute Gasteiger partial charge is 0.383 e. The number of nitrogens with zero attached hydrogens (tertiary/aromatic N) is 5. The van der Waals surface area contributed by atoms with Crippen LogP contribution in [0.25, 0.3) is 0 Å². The van der Waals surface area contributed by atoms with Gasteiger partial charge in [-0.3, -0.25) is 4.79 Å². The highest BCUT2D eigenvalue weighted by atomic mass is 16.5. The fraction of sp³-hybridized carbons (Fsp3) is 0.467. The van der Waals surface area contributed by atoms with E-state index in [0.717, 1.165) is 13.1 Å². The summed E-state index contributed by atoms with van der Waals surface area (Å²) in [7, 11) is 1.56. The van der Waals surface area contributed by atoms with Crippen LogP contribution in [0.2, 0.25) is 0 Å². The Labute approximate surface area is 135 Å². The van der Waals surface area contributed by atoms with Gasteiger partial charge in [-0.05, 0) is 6.07 Å². The lowest BCUT2D eigenvalue weighted by atomic mass is 10.2. The maximum absolute atomic E-state index is 11.9. The second-order valence-electron chi connectivity index (χ2n) is 4.98. The third kappa shape index (κ3) is 4.93. The van der Waals surface area contributed by atoms with Crippen LogP contribution in [-0.2, 0) is 9.53 Å². The van der Waals surface area contributed by atoms with E-state index in [1.807, 2.05) is 11.0 Å². The molecule has 1 aliphatic heterocycles. The van der Waals surface area contributed by atoms with Crippen molar-refractivity contribution >= 4 is 11.9 Å². The first kappa shape index (κ1) is 16.7. The van der Waals surface area contributed by atoms with E-state index in [1.165, 1.54) is 0 Å². The minimum absolute atomic E-state index is 0.102. The Hall–Kier alpha value is -2.66. The van der Waals surface area contributed by atoms with Crippen LogP contribution in [0, 0.1) is 11.3 Å². The van der Waals surface area contributed by atoms with Crippen molar-refractivity contribution in [2.45, 2.75) is 0 Å². The Bertz CT molecular complexity index is 575. The molecule has 8 heteroatoms. The van der Waals surface area contributed by atoms with Crippen molar-refractivity contribution in [2.75, 3.05) is 51.3 Å². The molecule has 122 valence electrons. The van der Waals surface area contributed by atoms with Crippen LogP contribution in [0.15, 0.2) is 30.2 Å². The van der Waals surface area contributed by atoms with Crippen molar-refractivity contribution in [1.82, 2.24) is 20.2 Å². The number of piperazine rings is 1. The van der Waals surface area contributed by atoms with Gasteiger partial charge in [0.2, 0.25) is 5.95 Å². The average molecular weight is 316 g/mol. The minimum atomic E-state index is -0.377. The van der Waals surface area contributed by atoms with Crippen molar-refractivity contribution < 1.29 is 9.53 Å². The van der Waals surface area contributed by atoms with Gasteiger partial charge in [0, 0.05) is 58.4 Å². The van der Waals surface area contributed by atoms with Gasteiger partial charge in [0.15, 0.2) is 0 Å². The average Bonchev–Trinajstić information content (AvgIpc) is 2.61. The molecule has 2 heterocycles. The fourth-order valence-electron chi connectivity index (χ4n) is 2.19. The second-order valence-corrected chi connectivity index (χ2v) is 4.98. The van der Waals surface area contributed by atoms with E-state index in [4.69, 9.17) is 10.00 Å². The lowest BCUT2D eigenvalue weighted by molar-refractivity contribution is -0.117. The van der Waals surface area contributed by atoms with Gasteiger partial charge in [0.05, 0.1) is 6.61 Å². The molecule has 1 saturated heterocycles. The van der Waals surface area contributed by atoms with E-state index in [2.05, 4.69) is 20.2 Å². The van der Waals surface area contributed by atoms with Crippen LogP contribution < -0.4 is 10.2 Å². The Morgan fingerprint density at radius 3 is 2.70 bits per heavy atom. The highest BCUT2D eigenvalue weighted by molar-refractivity contribution is 5.97. The second kappa shape index (κ2) is 8.70. The number of anilines is 1. The van der Waals surface area contributed by atoms with Crippen LogP contribution in [0.1, 0.15) is 0 Å². The first-order chi connectivity index (χ1) is 11.2. The molecule has 1 fully saturated rings. The zero-order chi connectivity index (χ0) is 16.5. The number of hydrogen-bond donors (Lipinski definition) is 1. The van der Waals surface area contributed by atoms with E-state index in [-0.39, 0.29) is 11.5 Å². The standard InChI is InChI=1S/C15H20N6O2/c1-23-10-5-17-14(22)13(11-16)12-20-6-8-21(9-7-20)15-18-3-2-4-19-15/h2-4,12H,5-10H2,1H3,(H,17,22)/b13-12-. The lowest BCUT2D eigenvalue weighted by Gasteiger charge is -2.34. The van der Waals surface area contributed by atoms with Crippen molar-refractivity contribution in [3.8, 4) is 6.07 Å². The number of methoxy groups -OCH3 is 1. The first-order valence-corrected chi connectivity index (χ1v) is 7.39. The summed E-state index contributed by atoms with van der Waals surface area (Å²) in [5.41, 5.74) is 0.102. The summed E-state index contributed by atoms with van der Waals surface area (Å²) >= 11 is 0. The summed E-state index contributed by atoms with van der Waals surface area (Å²) in [4.78, 5) is 24.4. The van der Waals surface area contributed by atoms with Crippen LogP contribution in [0.3, 0.4) is 0 Å². The molecule has 0 saturated carbocycles. The van der Waals surface area contributed by atoms with Crippen molar-refractivity contribution in [2.24, 2.45) is 0 Å². The number of rotatable bonds is 6. The van der Waals surface area contributed by atoms with Crippen LogP contribution in [-0.4, -0.2) is 67.2 Å². The number of nitrogens with one attached hydrogen (secondary N) is 1. The van der Waals surface area contributed by atoms with E-state index >= 15 is 0 Å². The molecule has 0 radical (unpaired) electrons. The normalized spacial score (nSPS) is 15.2. The van der Waals surface area contributed by atoms with Gasteiger partial charge in [0.1, 0.15) is 11.6 Å². The molecule has 1 aliphatic rings. The molecule has 0 aromatic carbocycles. The molecule has 2 rings (SSSR count). The van der Waals surface area contributed by atoms with Gasteiger partial charge in [-0.15, -0.1) is 0 Å². The molecule has 1 aromatic rings. The van der Waals surface area contributed by atoms with Crippen molar-refractivity contribution in [1.29, 1.82) is 5.26 Å². The topological polar surface area (TPSA) is 94.4 Å². The number of amides is 1. The molecule has 0 bridgehead atoms. The van der Waals surface area contributed by atoms with Crippen LogP contribution in [0.4, 0.5) is 5.95 Å². The molecule has 0 unspecified atom stereocenters. The molecule has 0 aliphatic carbocycles. The molecule has 23 heavy (non-hydrogen) atoms. The Morgan fingerprint density at radius 2 is 2.09 bits per heavy atom. The summed E-state index contributed by atoms with van der Waals surface area (Å²) in [6.07, 6.45) is 5.05.